The number of aromatic nitrogens is 1. The van der Waals surface area contributed by atoms with E-state index in [2.05, 4.69) is 30.0 Å². The number of fused-ring (bicyclic) bond motifs is 1. The number of nitriles is 1. The van der Waals surface area contributed by atoms with Gasteiger partial charge in [0.15, 0.2) is 0 Å². The summed E-state index contributed by atoms with van der Waals surface area (Å²) in [4.78, 5) is 21.8. The van der Waals surface area contributed by atoms with E-state index in [1.807, 2.05) is 17.9 Å². The average molecular weight is 415 g/mol. The van der Waals surface area contributed by atoms with Crippen molar-refractivity contribution in [1.82, 2.24) is 9.88 Å². The first kappa shape index (κ1) is 20.7. The van der Waals surface area contributed by atoms with Crippen LogP contribution in [0.3, 0.4) is 0 Å². The summed E-state index contributed by atoms with van der Waals surface area (Å²) in [5.41, 5.74) is 4.41. The van der Waals surface area contributed by atoms with Crippen molar-refractivity contribution in [1.29, 1.82) is 5.26 Å². The Hall–Kier alpha value is -3.59. The topological polar surface area (TPSA) is 69.5 Å². The van der Waals surface area contributed by atoms with Crippen LogP contribution in [0, 0.1) is 25.2 Å². The Bertz CT molecular complexity index is 1160. The fourth-order valence-corrected chi connectivity index (χ4v) is 4.19. The van der Waals surface area contributed by atoms with E-state index in [0.29, 0.717) is 36.6 Å². The van der Waals surface area contributed by atoms with Crippen LogP contribution in [-0.4, -0.2) is 49.1 Å². The van der Waals surface area contributed by atoms with Gasteiger partial charge in [-0.2, -0.15) is 5.26 Å². The van der Waals surface area contributed by atoms with Gasteiger partial charge in [0, 0.05) is 37.1 Å². The van der Waals surface area contributed by atoms with Crippen LogP contribution in [0.2, 0.25) is 0 Å². The summed E-state index contributed by atoms with van der Waals surface area (Å²) in [6.45, 7) is 6.76. The van der Waals surface area contributed by atoms with E-state index in [1.54, 1.807) is 31.4 Å². The van der Waals surface area contributed by atoms with Crippen LogP contribution in [-0.2, 0) is 0 Å². The normalized spacial score (nSPS) is 14.3. The van der Waals surface area contributed by atoms with Crippen LogP contribution in [0.25, 0.3) is 10.9 Å². The number of methoxy groups -OCH3 is 1. The summed E-state index contributed by atoms with van der Waals surface area (Å²) in [6.07, 6.45) is 0.819. The largest absolute Gasteiger partial charge is 0.497 e. The number of rotatable bonds is 3. The summed E-state index contributed by atoms with van der Waals surface area (Å²) in [6, 6.07) is 15.6. The zero-order valence-corrected chi connectivity index (χ0v) is 18.2. The van der Waals surface area contributed by atoms with Crippen molar-refractivity contribution in [3.63, 3.8) is 0 Å². The predicted octanol–water partition coefficient (Wildman–Crippen LogP) is 4.08. The number of ether oxygens (including phenoxy) is 1. The quantitative estimate of drug-likeness (QED) is 0.646. The molecule has 2 heterocycles. The molecular weight excluding hydrogens is 388 g/mol. The maximum atomic E-state index is 13.0. The molecule has 0 saturated carbocycles. The Kier molecular flexibility index (Phi) is 5.77. The van der Waals surface area contributed by atoms with Gasteiger partial charge in [-0.3, -0.25) is 4.79 Å². The van der Waals surface area contributed by atoms with Gasteiger partial charge in [0.25, 0.3) is 5.91 Å². The third-order valence-corrected chi connectivity index (χ3v) is 5.81. The van der Waals surface area contributed by atoms with Crippen molar-refractivity contribution in [3.05, 3.63) is 64.7 Å². The fraction of sp³-hybridized carbons (Fsp3) is 0.320. The molecule has 4 rings (SSSR count). The lowest BCUT2D eigenvalue weighted by molar-refractivity contribution is 0.0767. The molecule has 0 aliphatic carbocycles. The van der Waals surface area contributed by atoms with Gasteiger partial charge in [-0.05, 0) is 67.8 Å². The molecule has 6 nitrogen and oxygen atoms in total. The van der Waals surface area contributed by atoms with Gasteiger partial charge < -0.3 is 14.5 Å². The maximum absolute atomic E-state index is 13.0. The minimum Gasteiger partial charge on any atom is -0.497 e. The van der Waals surface area contributed by atoms with Gasteiger partial charge in [-0.15, -0.1) is 0 Å². The zero-order chi connectivity index (χ0) is 22.0. The van der Waals surface area contributed by atoms with E-state index >= 15 is 0 Å². The number of nitrogens with zero attached hydrogens (tertiary/aromatic N) is 4. The van der Waals surface area contributed by atoms with Crippen LogP contribution in [0.1, 0.15) is 33.5 Å². The van der Waals surface area contributed by atoms with Crippen molar-refractivity contribution in [2.75, 3.05) is 38.2 Å². The number of amides is 1. The molecule has 1 amide bonds. The van der Waals surface area contributed by atoms with Crippen molar-refractivity contribution >= 4 is 22.6 Å². The number of hydrogen-bond acceptors (Lipinski definition) is 5. The Morgan fingerprint density at radius 1 is 1.06 bits per heavy atom. The highest BCUT2D eigenvalue weighted by atomic mass is 16.5. The van der Waals surface area contributed by atoms with Gasteiger partial charge >= 0.3 is 0 Å². The number of benzene rings is 2. The molecule has 1 fully saturated rings. The van der Waals surface area contributed by atoms with E-state index in [1.165, 1.54) is 0 Å². The minimum atomic E-state index is 0.0164. The second-order valence-electron chi connectivity index (χ2n) is 7.98. The number of hydrogen-bond donors (Lipinski definition) is 0. The van der Waals surface area contributed by atoms with Crippen molar-refractivity contribution in [2.24, 2.45) is 0 Å². The number of pyridine rings is 1. The Balaban J connectivity index is 1.57. The molecule has 0 atom stereocenters. The third kappa shape index (κ3) is 4.17. The first-order valence-corrected chi connectivity index (χ1v) is 10.5. The molecule has 0 bridgehead atoms. The second kappa shape index (κ2) is 8.65. The Morgan fingerprint density at radius 2 is 1.84 bits per heavy atom. The van der Waals surface area contributed by atoms with Gasteiger partial charge in [-0.25, -0.2) is 4.98 Å². The first-order chi connectivity index (χ1) is 15.0. The monoisotopic (exact) mass is 414 g/mol. The van der Waals surface area contributed by atoms with Crippen LogP contribution >= 0.6 is 0 Å². The van der Waals surface area contributed by atoms with Gasteiger partial charge in [-0.1, -0.05) is 6.07 Å². The fourth-order valence-electron chi connectivity index (χ4n) is 4.19. The van der Waals surface area contributed by atoms with Crippen LogP contribution < -0.4 is 9.64 Å². The highest BCUT2D eigenvalue weighted by molar-refractivity contribution is 5.94. The summed E-state index contributed by atoms with van der Waals surface area (Å²) in [5.74, 6) is 1.46. The molecule has 0 unspecified atom stereocenters. The smallest absolute Gasteiger partial charge is 0.253 e. The van der Waals surface area contributed by atoms with E-state index in [9.17, 15) is 10.1 Å². The number of carbonyl (C=O) groups excluding carboxylic acids is 1. The molecule has 1 aliphatic heterocycles. The van der Waals surface area contributed by atoms with Crippen molar-refractivity contribution in [2.45, 2.75) is 20.3 Å². The zero-order valence-electron chi connectivity index (χ0n) is 18.2. The molecular formula is C25H26N4O2. The molecule has 3 aromatic rings. The van der Waals surface area contributed by atoms with Crippen LogP contribution in [0.5, 0.6) is 5.75 Å². The van der Waals surface area contributed by atoms with E-state index in [4.69, 9.17) is 9.72 Å². The molecule has 2 aromatic carbocycles. The number of carbonyl (C=O) groups is 1. The summed E-state index contributed by atoms with van der Waals surface area (Å²) >= 11 is 0. The molecule has 0 radical (unpaired) electrons. The highest BCUT2D eigenvalue weighted by Gasteiger charge is 2.23. The second-order valence-corrected chi connectivity index (χ2v) is 7.98. The van der Waals surface area contributed by atoms with Gasteiger partial charge in [0.2, 0.25) is 0 Å². The number of anilines is 1. The van der Waals surface area contributed by atoms with E-state index in [0.717, 1.165) is 40.7 Å². The molecule has 158 valence electrons. The third-order valence-electron chi connectivity index (χ3n) is 5.81. The molecule has 1 saturated heterocycles. The van der Waals surface area contributed by atoms with Crippen LogP contribution in [0.4, 0.5) is 5.82 Å². The maximum Gasteiger partial charge on any atom is 0.253 e. The van der Waals surface area contributed by atoms with E-state index in [-0.39, 0.29) is 5.91 Å². The van der Waals surface area contributed by atoms with Crippen molar-refractivity contribution < 1.29 is 9.53 Å². The summed E-state index contributed by atoms with van der Waals surface area (Å²) in [5, 5.41) is 10.8. The van der Waals surface area contributed by atoms with E-state index < -0.39 is 0 Å². The molecule has 1 aromatic heterocycles. The highest BCUT2D eigenvalue weighted by Crippen LogP contribution is 2.27. The standard InChI is InChI=1S/C25H26N4O2/c1-17-13-18(2)22-15-20(16-26)24(27-23(22)14-17)28-9-4-10-29(12-11-28)25(30)19-5-7-21(31-3)8-6-19/h5-8,13-15H,4,9-12H2,1-3H3. The molecule has 0 spiro atoms. The SMILES string of the molecule is COc1ccc(C(=O)N2CCCN(c3nc4cc(C)cc(C)c4cc3C#N)CC2)cc1. The number of aryl methyl sites for hydroxylation is 2. The Labute approximate surface area is 182 Å². The lowest BCUT2D eigenvalue weighted by Crippen LogP contribution is -2.35. The average Bonchev–Trinajstić information content (AvgIpc) is 3.04. The predicted molar refractivity (Wildman–Crippen MR) is 122 cm³/mol. The summed E-state index contributed by atoms with van der Waals surface area (Å²) in [7, 11) is 1.61. The molecule has 0 N–H and O–H groups in total. The lowest BCUT2D eigenvalue weighted by atomic mass is 10.0. The van der Waals surface area contributed by atoms with Gasteiger partial charge in [0.05, 0.1) is 18.2 Å². The van der Waals surface area contributed by atoms with Crippen molar-refractivity contribution in [3.8, 4) is 11.8 Å². The minimum absolute atomic E-state index is 0.0164. The lowest BCUT2D eigenvalue weighted by Gasteiger charge is -2.24. The molecule has 31 heavy (non-hydrogen) atoms. The molecule has 1 aliphatic rings. The van der Waals surface area contributed by atoms with Gasteiger partial charge in [0.1, 0.15) is 17.6 Å². The first-order valence-electron chi connectivity index (χ1n) is 10.5. The Morgan fingerprint density at radius 3 is 2.55 bits per heavy atom. The summed E-state index contributed by atoms with van der Waals surface area (Å²) < 4.78 is 5.18. The van der Waals surface area contributed by atoms with Crippen LogP contribution in [0.15, 0.2) is 42.5 Å². The molecule has 6 heteroatoms.